The van der Waals surface area contributed by atoms with Crippen LogP contribution >= 0.6 is 15.9 Å². The molecule has 0 aromatic heterocycles. The SMILES string of the molecule is NC1(C(=O)O)CCN(C(=O)c2c(F)cc(Br)cc2F)C1. The molecular formula is C12H11BrF2N2O3. The smallest absolute Gasteiger partial charge is 0.325 e. The first kappa shape index (κ1) is 14.9. The Hall–Kier alpha value is -1.54. The quantitative estimate of drug-likeness (QED) is 0.845. The number of carbonyl (C=O) groups is 2. The van der Waals surface area contributed by atoms with Gasteiger partial charge in [0.2, 0.25) is 0 Å². The Morgan fingerprint density at radius 2 is 1.90 bits per heavy atom. The summed E-state index contributed by atoms with van der Waals surface area (Å²) in [6.07, 6.45) is 0.0356. The molecule has 1 aromatic rings. The van der Waals surface area contributed by atoms with E-state index < -0.39 is 34.6 Å². The van der Waals surface area contributed by atoms with Crippen LogP contribution in [0.15, 0.2) is 16.6 Å². The van der Waals surface area contributed by atoms with E-state index in [0.717, 1.165) is 17.0 Å². The van der Waals surface area contributed by atoms with E-state index >= 15 is 0 Å². The minimum Gasteiger partial charge on any atom is -0.480 e. The van der Waals surface area contributed by atoms with Crippen LogP contribution in [0.3, 0.4) is 0 Å². The van der Waals surface area contributed by atoms with Crippen LogP contribution in [-0.4, -0.2) is 40.5 Å². The molecule has 1 aliphatic rings. The monoisotopic (exact) mass is 348 g/mol. The van der Waals surface area contributed by atoms with Gasteiger partial charge in [0.1, 0.15) is 22.7 Å². The molecule has 0 bridgehead atoms. The van der Waals surface area contributed by atoms with Gasteiger partial charge in [-0.2, -0.15) is 0 Å². The molecule has 0 spiro atoms. The van der Waals surface area contributed by atoms with Gasteiger partial charge in [0.05, 0.1) is 0 Å². The summed E-state index contributed by atoms with van der Waals surface area (Å²) in [5.74, 6) is -4.16. The van der Waals surface area contributed by atoms with Gasteiger partial charge in [0.15, 0.2) is 0 Å². The summed E-state index contributed by atoms with van der Waals surface area (Å²) in [6.45, 7) is -0.243. The summed E-state index contributed by atoms with van der Waals surface area (Å²) < 4.78 is 27.6. The van der Waals surface area contributed by atoms with Crippen LogP contribution in [0.25, 0.3) is 0 Å². The fraction of sp³-hybridized carbons (Fsp3) is 0.333. The Balaban J connectivity index is 2.28. The van der Waals surface area contributed by atoms with Crippen molar-refractivity contribution in [3.63, 3.8) is 0 Å². The van der Waals surface area contributed by atoms with Crippen LogP contribution in [0.1, 0.15) is 16.8 Å². The highest BCUT2D eigenvalue weighted by Gasteiger charge is 2.43. The number of halogens is 3. The van der Waals surface area contributed by atoms with E-state index in [2.05, 4.69) is 15.9 Å². The Bertz CT molecular complexity index is 573. The number of rotatable bonds is 2. The first-order valence-corrected chi connectivity index (χ1v) is 6.50. The zero-order chi connectivity index (χ0) is 15.1. The number of nitrogens with two attached hydrogens (primary N) is 1. The summed E-state index contributed by atoms with van der Waals surface area (Å²) in [7, 11) is 0. The molecule has 1 amide bonds. The molecule has 1 heterocycles. The maximum atomic E-state index is 13.7. The highest BCUT2D eigenvalue weighted by atomic mass is 79.9. The average molecular weight is 349 g/mol. The van der Waals surface area contributed by atoms with Gasteiger partial charge in [-0.3, -0.25) is 9.59 Å². The predicted octanol–water partition coefficient (Wildman–Crippen LogP) is 1.36. The summed E-state index contributed by atoms with van der Waals surface area (Å²) in [5.41, 5.74) is 3.34. The summed E-state index contributed by atoms with van der Waals surface area (Å²) >= 11 is 2.91. The molecule has 3 N–H and O–H groups in total. The lowest BCUT2D eigenvalue weighted by Gasteiger charge is -2.20. The van der Waals surface area contributed by atoms with Crippen molar-refractivity contribution in [1.29, 1.82) is 0 Å². The van der Waals surface area contributed by atoms with Gasteiger partial charge >= 0.3 is 5.97 Å². The predicted molar refractivity (Wildman–Crippen MR) is 69.1 cm³/mol. The zero-order valence-electron chi connectivity index (χ0n) is 10.2. The standard InChI is InChI=1S/C12H11BrF2N2O3/c13-6-3-7(14)9(8(15)4-6)10(18)17-2-1-12(16,5-17)11(19)20/h3-4H,1-2,5,16H2,(H,19,20). The maximum absolute atomic E-state index is 13.7. The number of nitrogens with zero attached hydrogens (tertiary/aromatic N) is 1. The molecule has 1 fully saturated rings. The normalized spacial score (nSPS) is 22.1. The van der Waals surface area contributed by atoms with Crippen molar-refractivity contribution >= 4 is 27.8 Å². The maximum Gasteiger partial charge on any atom is 0.325 e. The zero-order valence-corrected chi connectivity index (χ0v) is 11.8. The highest BCUT2D eigenvalue weighted by molar-refractivity contribution is 9.10. The third-order valence-electron chi connectivity index (χ3n) is 3.23. The molecule has 0 aliphatic carbocycles. The van der Waals surface area contributed by atoms with Crippen molar-refractivity contribution in [1.82, 2.24) is 4.90 Å². The second kappa shape index (κ2) is 5.10. The number of likely N-dealkylation sites (tertiary alicyclic amines) is 1. The van der Waals surface area contributed by atoms with E-state index in [1.807, 2.05) is 0 Å². The average Bonchev–Trinajstić information content (AvgIpc) is 2.72. The van der Waals surface area contributed by atoms with Gasteiger partial charge in [-0.1, -0.05) is 15.9 Å². The molecule has 20 heavy (non-hydrogen) atoms. The Kier molecular flexibility index (Phi) is 3.79. The van der Waals surface area contributed by atoms with Gasteiger partial charge in [-0.05, 0) is 18.6 Å². The van der Waals surface area contributed by atoms with Crippen molar-refractivity contribution in [2.24, 2.45) is 5.73 Å². The Morgan fingerprint density at radius 1 is 1.35 bits per heavy atom. The number of aliphatic carboxylic acids is 1. The van der Waals surface area contributed by atoms with Gasteiger partial charge in [-0.15, -0.1) is 0 Å². The Labute approximate surface area is 121 Å². The lowest BCUT2D eigenvalue weighted by molar-refractivity contribution is -0.142. The van der Waals surface area contributed by atoms with Gasteiger partial charge < -0.3 is 15.7 Å². The van der Waals surface area contributed by atoms with E-state index in [9.17, 15) is 18.4 Å². The molecule has 108 valence electrons. The number of benzene rings is 1. The number of hydrogen-bond acceptors (Lipinski definition) is 3. The third kappa shape index (κ3) is 2.53. The fourth-order valence-corrected chi connectivity index (χ4v) is 2.49. The van der Waals surface area contributed by atoms with Gasteiger partial charge in [0, 0.05) is 17.6 Å². The van der Waals surface area contributed by atoms with Crippen LogP contribution in [0.5, 0.6) is 0 Å². The minimum absolute atomic E-state index is 0.0356. The highest BCUT2D eigenvalue weighted by Crippen LogP contribution is 2.25. The molecule has 5 nitrogen and oxygen atoms in total. The largest absolute Gasteiger partial charge is 0.480 e. The van der Waals surface area contributed by atoms with Gasteiger partial charge in [-0.25, -0.2) is 8.78 Å². The second-order valence-corrected chi connectivity index (χ2v) is 5.60. The first-order valence-electron chi connectivity index (χ1n) is 5.71. The van der Waals surface area contributed by atoms with Crippen molar-refractivity contribution in [3.8, 4) is 0 Å². The minimum atomic E-state index is -1.57. The van der Waals surface area contributed by atoms with E-state index in [4.69, 9.17) is 10.8 Å². The molecule has 1 unspecified atom stereocenters. The van der Waals surface area contributed by atoms with Crippen LogP contribution in [0.2, 0.25) is 0 Å². The first-order chi connectivity index (χ1) is 9.24. The Morgan fingerprint density at radius 3 is 2.35 bits per heavy atom. The molecule has 8 heteroatoms. The summed E-state index contributed by atoms with van der Waals surface area (Å²) in [4.78, 5) is 24.1. The number of carboxylic acids is 1. The molecule has 1 aliphatic heterocycles. The lowest BCUT2D eigenvalue weighted by atomic mass is 10.0. The molecule has 1 atom stereocenters. The van der Waals surface area contributed by atoms with Crippen molar-refractivity contribution in [2.75, 3.05) is 13.1 Å². The van der Waals surface area contributed by atoms with E-state index in [1.54, 1.807) is 0 Å². The second-order valence-electron chi connectivity index (χ2n) is 4.68. The van der Waals surface area contributed by atoms with Crippen molar-refractivity contribution < 1.29 is 23.5 Å². The molecule has 1 aromatic carbocycles. The molecule has 0 saturated carbocycles. The summed E-state index contributed by atoms with van der Waals surface area (Å²) in [5, 5.41) is 8.97. The number of amides is 1. The van der Waals surface area contributed by atoms with Crippen LogP contribution in [-0.2, 0) is 4.79 Å². The third-order valence-corrected chi connectivity index (χ3v) is 3.69. The fourth-order valence-electron chi connectivity index (χ4n) is 2.09. The molecular weight excluding hydrogens is 338 g/mol. The van der Waals surface area contributed by atoms with E-state index in [0.29, 0.717) is 0 Å². The molecule has 2 rings (SSSR count). The number of carbonyl (C=O) groups excluding carboxylic acids is 1. The van der Waals surface area contributed by atoms with E-state index in [-0.39, 0.29) is 24.0 Å². The van der Waals surface area contributed by atoms with Crippen molar-refractivity contribution in [3.05, 3.63) is 33.8 Å². The summed E-state index contributed by atoms with van der Waals surface area (Å²) in [6, 6.07) is 1.94. The van der Waals surface area contributed by atoms with Gasteiger partial charge in [0.25, 0.3) is 5.91 Å². The van der Waals surface area contributed by atoms with Crippen LogP contribution in [0, 0.1) is 11.6 Å². The number of carboxylic acid groups (broad SMARTS) is 1. The van der Waals surface area contributed by atoms with Crippen LogP contribution < -0.4 is 5.73 Å². The molecule has 1 saturated heterocycles. The van der Waals surface area contributed by atoms with Crippen LogP contribution in [0.4, 0.5) is 8.78 Å². The van der Waals surface area contributed by atoms with E-state index in [1.165, 1.54) is 0 Å². The topological polar surface area (TPSA) is 83.6 Å². The lowest BCUT2D eigenvalue weighted by Crippen LogP contribution is -2.50. The molecule has 0 radical (unpaired) electrons. The number of hydrogen-bond donors (Lipinski definition) is 2. The van der Waals surface area contributed by atoms with Crippen molar-refractivity contribution in [2.45, 2.75) is 12.0 Å².